The molecule has 1 unspecified atom stereocenters. The van der Waals surface area contributed by atoms with Crippen LogP contribution >= 0.6 is 0 Å². The summed E-state index contributed by atoms with van der Waals surface area (Å²) < 4.78 is 34.4. The van der Waals surface area contributed by atoms with Gasteiger partial charge in [-0.1, -0.05) is 0 Å². The van der Waals surface area contributed by atoms with Gasteiger partial charge in [0.15, 0.2) is 0 Å². The Bertz CT molecular complexity index is 807. The van der Waals surface area contributed by atoms with Crippen LogP contribution < -0.4 is 0 Å². The molecule has 27 heavy (non-hydrogen) atoms. The maximum atomic E-state index is 12.7. The number of hydrogen-bond acceptors (Lipinski definition) is 4. The molecule has 0 aromatic carbocycles. The summed E-state index contributed by atoms with van der Waals surface area (Å²) in [5, 5.41) is 0. The topological polar surface area (TPSA) is 71.9 Å². The van der Waals surface area contributed by atoms with Crippen molar-refractivity contribution < 1.29 is 17.9 Å². The first-order chi connectivity index (χ1) is 12.8. The summed E-state index contributed by atoms with van der Waals surface area (Å²) in [5.41, 5.74) is 0.400. The summed E-state index contributed by atoms with van der Waals surface area (Å²) in [7, 11) is -1.32. The second-order valence-corrected chi connectivity index (χ2v) is 10.2. The fourth-order valence-electron chi connectivity index (χ4n) is 4.70. The number of sulfonamides is 1. The molecule has 2 saturated heterocycles. The molecule has 1 spiro atoms. The van der Waals surface area contributed by atoms with E-state index < -0.39 is 10.0 Å². The average molecular weight is 396 g/mol. The molecule has 0 radical (unpaired) electrons. The van der Waals surface area contributed by atoms with Crippen LogP contribution in [0.25, 0.3) is 0 Å². The lowest BCUT2D eigenvalue weighted by Crippen LogP contribution is -2.55. The Morgan fingerprint density at radius 1 is 1.22 bits per heavy atom. The van der Waals surface area contributed by atoms with Gasteiger partial charge in [0.2, 0.25) is 10.0 Å². The molecular formula is C19H29N3O4S. The minimum Gasteiger partial charge on any atom is -0.375 e. The van der Waals surface area contributed by atoms with Crippen molar-refractivity contribution in [1.29, 1.82) is 0 Å². The van der Waals surface area contributed by atoms with Crippen molar-refractivity contribution >= 4 is 15.9 Å². The van der Waals surface area contributed by atoms with Crippen molar-refractivity contribution in [3.05, 3.63) is 24.0 Å². The normalized spacial score (nSPS) is 25.9. The molecule has 1 aromatic heterocycles. The Labute approximate surface area is 161 Å². The van der Waals surface area contributed by atoms with Crippen molar-refractivity contribution in [1.82, 2.24) is 13.8 Å². The molecule has 8 heteroatoms. The molecule has 1 saturated carbocycles. The monoisotopic (exact) mass is 395 g/mol. The van der Waals surface area contributed by atoms with E-state index in [9.17, 15) is 13.2 Å². The van der Waals surface area contributed by atoms with E-state index in [2.05, 4.69) is 0 Å². The van der Waals surface area contributed by atoms with Crippen molar-refractivity contribution in [3.63, 3.8) is 0 Å². The molecular weight excluding hydrogens is 366 g/mol. The van der Waals surface area contributed by atoms with Crippen LogP contribution in [0.15, 0.2) is 18.3 Å². The van der Waals surface area contributed by atoms with Gasteiger partial charge < -0.3 is 14.2 Å². The van der Waals surface area contributed by atoms with Crippen molar-refractivity contribution in [2.24, 2.45) is 7.05 Å². The maximum absolute atomic E-state index is 12.7. The molecule has 7 nitrogen and oxygen atoms in total. The third kappa shape index (κ3) is 3.79. The van der Waals surface area contributed by atoms with Crippen LogP contribution in [0.5, 0.6) is 0 Å². The highest BCUT2D eigenvalue weighted by atomic mass is 32.2. The Kier molecular flexibility index (Phi) is 4.84. The van der Waals surface area contributed by atoms with Gasteiger partial charge in [-0.2, -0.15) is 4.31 Å². The fraction of sp³-hybridized carbons (Fsp3) is 0.737. The lowest BCUT2D eigenvalue weighted by atomic mass is 9.82. The van der Waals surface area contributed by atoms with Crippen molar-refractivity contribution in [2.45, 2.75) is 56.2 Å². The predicted octanol–water partition coefficient (Wildman–Crippen LogP) is 1.60. The predicted molar refractivity (Wildman–Crippen MR) is 102 cm³/mol. The van der Waals surface area contributed by atoms with E-state index >= 15 is 0 Å². The summed E-state index contributed by atoms with van der Waals surface area (Å²) >= 11 is 0. The van der Waals surface area contributed by atoms with Crippen LogP contribution in [0.1, 0.15) is 49.0 Å². The summed E-state index contributed by atoms with van der Waals surface area (Å²) in [6.07, 6.45) is 8.18. The largest absolute Gasteiger partial charge is 0.375 e. The number of nitrogens with zero attached hydrogens (tertiary/aromatic N) is 3. The van der Waals surface area contributed by atoms with Crippen molar-refractivity contribution in [3.8, 4) is 0 Å². The molecule has 4 rings (SSSR count). The lowest BCUT2D eigenvalue weighted by Gasteiger charge is -2.48. The first-order valence-electron chi connectivity index (χ1n) is 9.82. The average Bonchev–Trinajstić information content (AvgIpc) is 3.33. The van der Waals surface area contributed by atoms with E-state index in [1.165, 1.54) is 6.26 Å². The van der Waals surface area contributed by atoms with Gasteiger partial charge in [-0.05, 0) is 50.7 Å². The number of aromatic nitrogens is 1. The van der Waals surface area contributed by atoms with E-state index in [1.807, 2.05) is 34.8 Å². The van der Waals surface area contributed by atoms with Crippen molar-refractivity contribution in [2.75, 3.05) is 26.0 Å². The Balaban J connectivity index is 1.43. The molecule has 3 heterocycles. The number of aryl methyl sites for hydroxylation is 1. The van der Waals surface area contributed by atoms with Crippen LogP contribution in [-0.4, -0.2) is 71.7 Å². The highest BCUT2D eigenvalue weighted by Crippen LogP contribution is 2.41. The van der Waals surface area contributed by atoms with Crippen LogP contribution in [-0.2, 0) is 21.8 Å². The molecule has 2 aliphatic heterocycles. The molecule has 0 N–H and O–H groups in total. The van der Waals surface area contributed by atoms with Gasteiger partial charge >= 0.3 is 0 Å². The Morgan fingerprint density at radius 3 is 2.48 bits per heavy atom. The van der Waals surface area contributed by atoms with E-state index in [4.69, 9.17) is 4.74 Å². The molecule has 1 aromatic rings. The first kappa shape index (κ1) is 19.0. The van der Waals surface area contributed by atoms with E-state index in [0.717, 1.165) is 38.5 Å². The number of hydrogen-bond donors (Lipinski definition) is 0. The maximum Gasteiger partial charge on any atom is 0.270 e. The summed E-state index contributed by atoms with van der Waals surface area (Å²) in [6, 6.07) is 3.93. The van der Waals surface area contributed by atoms with Crippen LogP contribution in [0, 0.1) is 0 Å². The van der Waals surface area contributed by atoms with Gasteiger partial charge in [0.1, 0.15) is 5.69 Å². The van der Waals surface area contributed by atoms with Crippen LogP contribution in [0.4, 0.5) is 0 Å². The molecule has 1 amide bonds. The molecule has 1 atom stereocenters. The molecule has 0 bridgehead atoms. The first-order valence-corrected chi connectivity index (χ1v) is 11.7. The molecule has 1 aliphatic carbocycles. The van der Waals surface area contributed by atoms with Gasteiger partial charge in [0.25, 0.3) is 5.91 Å². The van der Waals surface area contributed by atoms with E-state index in [-0.39, 0.29) is 23.6 Å². The minimum absolute atomic E-state index is 0.0244. The van der Waals surface area contributed by atoms with Gasteiger partial charge in [0, 0.05) is 45.0 Å². The highest BCUT2D eigenvalue weighted by Gasteiger charge is 2.47. The molecule has 3 fully saturated rings. The molecule has 150 valence electrons. The van der Waals surface area contributed by atoms with E-state index in [1.54, 1.807) is 4.31 Å². The van der Waals surface area contributed by atoms with Crippen LogP contribution in [0.2, 0.25) is 0 Å². The summed E-state index contributed by atoms with van der Waals surface area (Å²) in [5.74, 6) is 0.0560. The zero-order chi connectivity index (χ0) is 19.2. The molecule has 3 aliphatic rings. The second kappa shape index (κ2) is 6.90. The zero-order valence-corrected chi connectivity index (χ0v) is 17.0. The second-order valence-electron chi connectivity index (χ2n) is 8.30. The quantitative estimate of drug-likeness (QED) is 0.776. The SMILES string of the molecule is Cn1cccc1C(=O)N1CCC2(CC1)CC(N(C1CC1)S(C)(=O)=O)CCO2. The number of likely N-dealkylation sites (tertiary alicyclic amines) is 1. The fourth-order valence-corrected chi connectivity index (χ4v) is 6.17. The number of carbonyl (C=O) groups excluding carboxylic acids is 1. The Hall–Kier alpha value is -1.38. The van der Waals surface area contributed by atoms with Gasteiger partial charge in [-0.15, -0.1) is 0 Å². The van der Waals surface area contributed by atoms with Gasteiger partial charge in [-0.3, -0.25) is 4.79 Å². The third-order valence-corrected chi connectivity index (χ3v) is 7.60. The van der Waals surface area contributed by atoms with E-state index in [0.29, 0.717) is 25.4 Å². The van der Waals surface area contributed by atoms with Gasteiger partial charge in [-0.25, -0.2) is 8.42 Å². The van der Waals surface area contributed by atoms with Crippen LogP contribution in [0.3, 0.4) is 0 Å². The standard InChI is InChI=1S/C19H29N3O4S/c1-20-10-3-4-17(20)18(23)21-11-8-19(9-12-21)14-16(7-13-26-19)22(15-5-6-15)27(2,24)25/h3-4,10,15-16H,5-9,11-14H2,1-2H3. The number of carbonyl (C=O) groups is 1. The number of rotatable bonds is 4. The number of piperidine rings is 1. The summed E-state index contributed by atoms with van der Waals surface area (Å²) in [4.78, 5) is 14.6. The number of amides is 1. The van der Waals surface area contributed by atoms with Gasteiger partial charge in [0.05, 0.1) is 11.9 Å². The smallest absolute Gasteiger partial charge is 0.270 e. The number of ether oxygens (including phenoxy) is 1. The third-order valence-electron chi connectivity index (χ3n) is 6.24. The highest BCUT2D eigenvalue weighted by molar-refractivity contribution is 7.88. The summed E-state index contributed by atoms with van der Waals surface area (Å²) in [6.45, 7) is 1.90. The Morgan fingerprint density at radius 2 is 1.93 bits per heavy atom. The minimum atomic E-state index is -3.20. The zero-order valence-electron chi connectivity index (χ0n) is 16.1. The lowest BCUT2D eigenvalue weighted by molar-refractivity contribution is -0.123.